The van der Waals surface area contributed by atoms with E-state index in [1.807, 2.05) is 48.5 Å². The van der Waals surface area contributed by atoms with Crippen molar-refractivity contribution >= 4 is 38.4 Å². The SMILES string of the molecule is N#CC(C#N)=Cc1c(-c2ccc3ccc4cccc5ccc2c3c45)noc1-c1ccccc1. The first-order valence-corrected chi connectivity index (χ1v) is 10.5. The minimum atomic E-state index is -0.00524. The third-order valence-corrected chi connectivity index (χ3v) is 6.08. The molecular formula is C29H15N3O. The molecule has 0 spiro atoms. The Morgan fingerprint density at radius 1 is 0.727 bits per heavy atom. The molecule has 1 heterocycles. The van der Waals surface area contributed by atoms with Crippen molar-refractivity contribution in [1.82, 2.24) is 5.16 Å². The standard InChI is InChI=1S/C29H15N3O/c30-16-18(17-31)15-25-28(32-33-29(25)22-5-2-1-3-6-22)24-14-12-21-10-9-19-7-4-8-20-11-13-23(24)27(21)26(19)20/h1-15H. The number of rotatable bonds is 3. The van der Waals surface area contributed by atoms with E-state index in [-0.39, 0.29) is 5.57 Å². The molecule has 0 N–H and O–H groups in total. The van der Waals surface area contributed by atoms with Gasteiger partial charge in [-0.2, -0.15) is 10.5 Å². The molecule has 0 aliphatic carbocycles. The molecule has 33 heavy (non-hydrogen) atoms. The largest absolute Gasteiger partial charge is 0.355 e. The van der Waals surface area contributed by atoms with E-state index < -0.39 is 0 Å². The quantitative estimate of drug-likeness (QED) is 0.221. The zero-order valence-electron chi connectivity index (χ0n) is 17.4. The van der Waals surface area contributed by atoms with Crippen LogP contribution in [0.25, 0.3) is 61.0 Å². The van der Waals surface area contributed by atoms with Gasteiger partial charge < -0.3 is 4.52 Å². The summed E-state index contributed by atoms with van der Waals surface area (Å²) in [5.74, 6) is 0.527. The molecule has 5 aromatic carbocycles. The van der Waals surface area contributed by atoms with Crippen molar-refractivity contribution in [3.05, 3.63) is 96.1 Å². The van der Waals surface area contributed by atoms with Crippen LogP contribution in [0.1, 0.15) is 5.56 Å². The maximum absolute atomic E-state index is 9.41. The molecule has 0 unspecified atom stereocenters. The zero-order chi connectivity index (χ0) is 22.4. The van der Waals surface area contributed by atoms with Crippen molar-refractivity contribution in [3.8, 4) is 34.7 Å². The number of aromatic nitrogens is 1. The molecule has 152 valence electrons. The summed E-state index contributed by atoms with van der Waals surface area (Å²) in [5.41, 5.74) is 2.95. The second-order valence-corrected chi connectivity index (χ2v) is 7.89. The Morgan fingerprint density at radius 3 is 2.12 bits per heavy atom. The molecular weight excluding hydrogens is 406 g/mol. The third-order valence-electron chi connectivity index (χ3n) is 6.08. The number of allylic oxidation sites excluding steroid dienone is 1. The van der Waals surface area contributed by atoms with Gasteiger partial charge in [-0.05, 0) is 38.4 Å². The lowest BCUT2D eigenvalue weighted by atomic mass is 9.90. The molecule has 4 nitrogen and oxygen atoms in total. The van der Waals surface area contributed by atoms with Gasteiger partial charge in [0.2, 0.25) is 0 Å². The zero-order valence-corrected chi connectivity index (χ0v) is 17.4. The van der Waals surface area contributed by atoms with Crippen LogP contribution in [0.5, 0.6) is 0 Å². The van der Waals surface area contributed by atoms with Gasteiger partial charge in [-0.15, -0.1) is 0 Å². The van der Waals surface area contributed by atoms with E-state index in [2.05, 4.69) is 53.7 Å². The van der Waals surface area contributed by atoms with Crippen molar-refractivity contribution < 1.29 is 4.52 Å². The molecule has 0 aliphatic rings. The Kier molecular flexibility index (Phi) is 4.18. The van der Waals surface area contributed by atoms with Crippen LogP contribution in [-0.4, -0.2) is 5.16 Å². The Morgan fingerprint density at radius 2 is 1.39 bits per heavy atom. The fourth-order valence-electron chi connectivity index (χ4n) is 4.60. The third kappa shape index (κ3) is 2.86. The highest BCUT2D eigenvalue weighted by Gasteiger charge is 2.21. The molecule has 4 heteroatoms. The summed E-state index contributed by atoms with van der Waals surface area (Å²) in [6.45, 7) is 0. The van der Waals surface area contributed by atoms with E-state index >= 15 is 0 Å². The predicted octanol–water partition coefficient (Wildman–Crippen LogP) is 7.34. The molecule has 0 saturated heterocycles. The molecule has 0 aliphatic heterocycles. The molecule has 0 fully saturated rings. The van der Waals surface area contributed by atoms with Gasteiger partial charge in [-0.3, -0.25) is 0 Å². The van der Waals surface area contributed by atoms with E-state index in [1.54, 1.807) is 6.08 Å². The highest BCUT2D eigenvalue weighted by atomic mass is 16.5. The Bertz CT molecular complexity index is 1750. The van der Waals surface area contributed by atoms with Gasteiger partial charge >= 0.3 is 0 Å². The lowest BCUT2D eigenvalue weighted by molar-refractivity contribution is 0.435. The van der Waals surface area contributed by atoms with Gasteiger partial charge in [0.1, 0.15) is 23.4 Å². The van der Waals surface area contributed by atoms with Crippen LogP contribution in [0.3, 0.4) is 0 Å². The minimum absolute atomic E-state index is 0.00524. The summed E-state index contributed by atoms with van der Waals surface area (Å²) in [6.07, 6.45) is 1.56. The monoisotopic (exact) mass is 421 g/mol. The van der Waals surface area contributed by atoms with Gasteiger partial charge in [-0.25, -0.2) is 0 Å². The molecule has 0 saturated carbocycles. The van der Waals surface area contributed by atoms with Crippen molar-refractivity contribution in [2.24, 2.45) is 0 Å². The Balaban J connectivity index is 1.70. The van der Waals surface area contributed by atoms with Gasteiger partial charge in [0.15, 0.2) is 5.76 Å². The van der Waals surface area contributed by atoms with Crippen LogP contribution >= 0.6 is 0 Å². The Labute approximate surface area is 189 Å². The van der Waals surface area contributed by atoms with Crippen LogP contribution in [0.4, 0.5) is 0 Å². The molecule has 0 amide bonds. The smallest absolute Gasteiger partial charge is 0.174 e. The van der Waals surface area contributed by atoms with Gasteiger partial charge in [0.05, 0.1) is 5.56 Å². The summed E-state index contributed by atoms with van der Waals surface area (Å²) in [5, 5.41) is 30.2. The molecule has 6 rings (SSSR count). The topological polar surface area (TPSA) is 73.6 Å². The average Bonchev–Trinajstić information content (AvgIpc) is 3.29. The minimum Gasteiger partial charge on any atom is -0.355 e. The van der Waals surface area contributed by atoms with E-state index in [0.29, 0.717) is 17.0 Å². The highest BCUT2D eigenvalue weighted by Crippen LogP contribution is 2.41. The van der Waals surface area contributed by atoms with Crippen molar-refractivity contribution in [1.29, 1.82) is 10.5 Å². The normalized spacial score (nSPS) is 11.0. The maximum atomic E-state index is 9.41. The van der Waals surface area contributed by atoms with Crippen LogP contribution in [-0.2, 0) is 0 Å². The summed E-state index contributed by atoms with van der Waals surface area (Å²) < 4.78 is 5.80. The fraction of sp³-hybridized carbons (Fsp3) is 0. The summed E-state index contributed by atoms with van der Waals surface area (Å²) in [4.78, 5) is 0. The summed E-state index contributed by atoms with van der Waals surface area (Å²) in [7, 11) is 0. The molecule has 1 aromatic heterocycles. The number of benzene rings is 5. The summed E-state index contributed by atoms with van der Waals surface area (Å²) in [6, 6.07) is 32.5. The van der Waals surface area contributed by atoms with Gasteiger partial charge in [0.25, 0.3) is 0 Å². The second-order valence-electron chi connectivity index (χ2n) is 7.89. The number of hydrogen-bond acceptors (Lipinski definition) is 4. The first kappa shape index (κ1) is 18.8. The second kappa shape index (κ2) is 7.34. The van der Waals surface area contributed by atoms with E-state index in [9.17, 15) is 10.5 Å². The van der Waals surface area contributed by atoms with Crippen LogP contribution in [0, 0.1) is 22.7 Å². The number of nitriles is 2. The highest BCUT2D eigenvalue weighted by molar-refractivity contribution is 6.25. The van der Waals surface area contributed by atoms with Crippen molar-refractivity contribution in [2.75, 3.05) is 0 Å². The van der Waals surface area contributed by atoms with Crippen LogP contribution < -0.4 is 0 Å². The lowest BCUT2D eigenvalue weighted by Gasteiger charge is -2.13. The van der Waals surface area contributed by atoms with Gasteiger partial charge in [0, 0.05) is 11.1 Å². The maximum Gasteiger partial charge on any atom is 0.174 e. The van der Waals surface area contributed by atoms with E-state index in [4.69, 9.17) is 4.52 Å². The lowest BCUT2D eigenvalue weighted by Crippen LogP contribution is -1.89. The first-order chi connectivity index (χ1) is 16.3. The predicted molar refractivity (Wildman–Crippen MR) is 130 cm³/mol. The fourth-order valence-corrected chi connectivity index (χ4v) is 4.60. The molecule has 0 atom stereocenters. The van der Waals surface area contributed by atoms with Crippen molar-refractivity contribution in [2.45, 2.75) is 0 Å². The average molecular weight is 421 g/mol. The van der Waals surface area contributed by atoms with Crippen LogP contribution in [0.15, 0.2) is 95.0 Å². The molecule has 0 bridgehead atoms. The number of nitrogens with zero attached hydrogens (tertiary/aromatic N) is 3. The number of hydrogen-bond donors (Lipinski definition) is 0. The molecule has 0 radical (unpaired) electrons. The Hall–Kier alpha value is -4.93. The van der Waals surface area contributed by atoms with Crippen molar-refractivity contribution in [3.63, 3.8) is 0 Å². The first-order valence-electron chi connectivity index (χ1n) is 10.5. The summed E-state index contributed by atoms with van der Waals surface area (Å²) >= 11 is 0. The molecule has 6 aromatic rings. The van der Waals surface area contributed by atoms with E-state index in [0.717, 1.165) is 21.9 Å². The van der Waals surface area contributed by atoms with Crippen LogP contribution in [0.2, 0.25) is 0 Å². The van der Waals surface area contributed by atoms with E-state index in [1.165, 1.54) is 21.5 Å². The van der Waals surface area contributed by atoms with Gasteiger partial charge in [-0.1, -0.05) is 90.1 Å².